The fraction of sp³-hybridized carbons (Fsp3) is 0.667. The second-order valence-corrected chi connectivity index (χ2v) is 4.16. The van der Waals surface area contributed by atoms with Gasteiger partial charge in [0.25, 0.3) is 0 Å². The topological polar surface area (TPSA) is 73.4 Å². The van der Waals surface area contributed by atoms with Gasteiger partial charge in [-0.25, -0.2) is 9.78 Å². The number of imidazole rings is 1. The molecule has 0 bridgehead atoms. The number of aromatic nitrogens is 2. The van der Waals surface area contributed by atoms with Crippen LogP contribution in [0.5, 0.6) is 0 Å². The Balaban J connectivity index is 2.84. The predicted molar refractivity (Wildman–Crippen MR) is 70.5 cm³/mol. The third kappa shape index (κ3) is 3.22. The molecule has 0 aromatic carbocycles. The first kappa shape index (κ1) is 14.5. The molecule has 0 aliphatic heterocycles. The number of esters is 1. The number of nitrogen functional groups attached to an aromatic ring is 1. The number of ether oxygens (including phenoxy) is 1. The first-order chi connectivity index (χ1) is 8.51. The molecule has 0 fully saturated rings. The van der Waals surface area contributed by atoms with Gasteiger partial charge in [-0.05, 0) is 27.4 Å². The highest BCUT2D eigenvalue weighted by Gasteiger charge is 2.19. The fourth-order valence-corrected chi connectivity index (χ4v) is 1.64. The number of rotatable bonds is 6. The van der Waals surface area contributed by atoms with E-state index >= 15 is 0 Å². The van der Waals surface area contributed by atoms with Gasteiger partial charge < -0.3 is 19.9 Å². The van der Waals surface area contributed by atoms with Crippen molar-refractivity contribution in [2.75, 3.05) is 32.5 Å². The molecule has 1 aromatic rings. The molecule has 0 atom stereocenters. The van der Waals surface area contributed by atoms with Gasteiger partial charge in [0, 0.05) is 13.1 Å². The molecule has 0 radical (unpaired) electrons. The zero-order chi connectivity index (χ0) is 13.7. The van der Waals surface area contributed by atoms with Crippen molar-refractivity contribution >= 4 is 11.8 Å². The van der Waals surface area contributed by atoms with E-state index in [4.69, 9.17) is 10.5 Å². The van der Waals surface area contributed by atoms with E-state index < -0.39 is 5.97 Å². The highest BCUT2D eigenvalue weighted by Crippen LogP contribution is 2.15. The molecule has 0 amide bonds. The maximum Gasteiger partial charge on any atom is 0.360 e. The Morgan fingerprint density at radius 2 is 2.17 bits per heavy atom. The summed E-state index contributed by atoms with van der Waals surface area (Å²) in [7, 11) is 2.04. The van der Waals surface area contributed by atoms with Crippen LogP contribution in [0, 0.1) is 6.92 Å². The van der Waals surface area contributed by atoms with Crippen LogP contribution >= 0.6 is 0 Å². The summed E-state index contributed by atoms with van der Waals surface area (Å²) in [5.41, 5.74) is 6.16. The number of nitrogens with two attached hydrogens (primary N) is 1. The van der Waals surface area contributed by atoms with Crippen LogP contribution in [0.25, 0.3) is 0 Å². The lowest BCUT2D eigenvalue weighted by Crippen LogP contribution is -2.23. The fourth-order valence-electron chi connectivity index (χ4n) is 1.64. The minimum atomic E-state index is -0.458. The molecular weight excluding hydrogens is 232 g/mol. The molecule has 1 aromatic heterocycles. The number of aryl methyl sites for hydroxylation is 1. The predicted octanol–water partition coefficient (Wildman–Crippen LogP) is 0.902. The lowest BCUT2D eigenvalue weighted by Gasteiger charge is -2.15. The van der Waals surface area contributed by atoms with Gasteiger partial charge in [0.1, 0.15) is 11.6 Å². The minimum Gasteiger partial charge on any atom is -0.461 e. The summed E-state index contributed by atoms with van der Waals surface area (Å²) in [5.74, 6) is 0.663. The number of hydrogen-bond donors (Lipinski definition) is 1. The molecule has 2 N–H and O–H groups in total. The average molecular weight is 254 g/mol. The van der Waals surface area contributed by atoms with Crippen molar-refractivity contribution in [2.45, 2.75) is 27.3 Å². The number of anilines is 1. The first-order valence-corrected chi connectivity index (χ1v) is 6.19. The first-order valence-electron chi connectivity index (χ1n) is 6.19. The van der Waals surface area contributed by atoms with Crippen LogP contribution in [0.15, 0.2) is 0 Å². The Kier molecular flexibility index (Phi) is 5.15. The largest absolute Gasteiger partial charge is 0.461 e. The van der Waals surface area contributed by atoms with E-state index in [0.29, 0.717) is 19.0 Å². The summed E-state index contributed by atoms with van der Waals surface area (Å²) in [6, 6.07) is 0. The quantitative estimate of drug-likeness (QED) is 0.764. The molecule has 6 nitrogen and oxygen atoms in total. The smallest absolute Gasteiger partial charge is 0.360 e. The van der Waals surface area contributed by atoms with Gasteiger partial charge in [0.15, 0.2) is 5.69 Å². The molecule has 6 heteroatoms. The van der Waals surface area contributed by atoms with Gasteiger partial charge in [-0.2, -0.15) is 0 Å². The highest BCUT2D eigenvalue weighted by molar-refractivity contribution is 5.92. The van der Waals surface area contributed by atoms with Gasteiger partial charge in [-0.1, -0.05) is 6.92 Å². The number of likely N-dealkylation sites (N-methyl/N-ethyl adjacent to an activating group) is 1. The molecule has 0 spiro atoms. The second-order valence-electron chi connectivity index (χ2n) is 4.16. The zero-order valence-electron chi connectivity index (χ0n) is 11.6. The third-order valence-corrected chi connectivity index (χ3v) is 2.91. The molecular formula is C12H22N4O2. The van der Waals surface area contributed by atoms with Crippen LogP contribution < -0.4 is 5.73 Å². The summed E-state index contributed by atoms with van der Waals surface area (Å²) < 4.78 is 6.76. The van der Waals surface area contributed by atoms with Gasteiger partial charge >= 0.3 is 5.97 Å². The van der Waals surface area contributed by atoms with Gasteiger partial charge in [0.05, 0.1) is 6.61 Å². The summed E-state index contributed by atoms with van der Waals surface area (Å²) in [4.78, 5) is 18.0. The van der Waals surface area contributed by atoms with Crippen LogP contribution in [0.4, 0.5) is 5.82 Å². The van der Waals surface area contributed by atoms with E-state index in [1.807, 2.05) is 18.5 Å². The van der Waals surface area contributed by atoms with E-state index in [2.05, 4.69) is 16.8 Å². The standard InChI is InChI=1S/C12H22N4O2/c1-5-15(4)7-8-16-9(3)14-10(11(16)13)12(17)18-6-2/h5-8,13H2,1-4H3. The van der Waals surface area contributed by atoms with Crippen molar-refractivity contribution in [1.82, 2.24) is 14.5 Å². The normalized spacial score (nSPS) is 10.9. The van der Waals surface area contributed by atoms with E-state index in [0.717, 1.165) is 18.9 Å². The number of carbonyl (C=O) groups excluding carboxylic acids is 1. The van der Waals surface area contributed by atoms with E-state index in [-0.39, 0.29) is 5.69 Å². The van der Waals surface area contributed by atoms with Crippen LogP contribution in [0.1, 0.15) is 30.2 Å². The molecule has 0 unspecified atom stereocenters. The number of carbonyl (C=O) groups is 1. The zero-order valence-corrected chi connectivity index (χ0v) is 11.6. The average Bonchev–Trinajstić information content (AvgIpc) is 2.62. The second kappa shape index (κ2) is 6.39. The lowest BCUT2D eigenvalue weighted by molar-refractivity contribution is 0.0521. The maximum atomic E-state index is 11.6. The Morgan fingerprint density at radius 3 is 2.72 bits per heavy atom. The molecule has 1 heterocycles. The van der Waals surface area contributed by atoms with E-state index in [9.17, 15) is 4.79 Å². The summed E-state index contributed by atoms with van der Waals surface area (Å²) in [6.45, 7) is 8.56. The Bertz CT molecular complexity index is 414. The van der Waals surface area contributed by atoms with Crippen LogP contribution in [-0.2, 0) is 11.3 Å². The summed E-state index contributed by atoms with van der Waals surface area (Å²) in [6.07, 6.45) is 0. The SMILES string of the molecule is CCOC(=O)c1nc(C)n(CCN(C)CC)c1N. The molecule has 0 aliphatic carbocycles. The lowest BCUT2D eigenvalue weighted by atomic mass is 10.4. The van der Waals surface area contributed by atoms with Crippen molar-refractivity contribution in [2.24, 2.45) is 0 Å². The summed E-state index contributed by atoms with van der Waals surface area (Å²) in [5, 5.41) is 0. The summed E-state index contributed by atoms with van der Waals surface area (Å²) >= 11 is 0. The van der Waals surface area contributed by atoms with Crippen LogP contribution in [0.3, 0.4) is 0 Å². The number of hydrogen-bond acceptors (Lipinski definition) is 5. The van der Waals surface area contributed by atoms with Crippen molar-refractivity contribution in [3.8, 4) is 0 Å². The van der Waals surface area contributed by atoms with Gasteiger partial charge in [0.2, 0.25) is 0 Å². The maximum absolute atomic E-state index is 11.6. The minimum absolute atomic E-state index is 0.216. The Hall–Kier alpha value is -1.56. The van der Waals surface area contributed by atoms with Crippen molar-refractivity contribution in [1.29, 1.82) is 0 Å². The molecule has 18 heavy (non-hydrogen) atoms. The molecule has 0 saturated heterocycles. The van der Waals surface area contributed by atoms with Gasteiger partial charge in [-0.3, -0.25) is 0 Å². The Labute approximate surface area is 108 Å². The molecule has 102 valence electrons. The molecule has 0 saturated carbocycles. The highest BCUT2D eigenvalue weighted by atomic mass is 16.5. The monoisotopic (exact) mass is 254 g/mol. The van der Waals surface area contributed by atoms with E-state index in [1.165, 1.54) is 0 Å². The van der Waals surface area contributed by atoms with Gasteiger partial charge in [-0.15, -0.1) is 0 Å². The number of nitrogens with zero attached hydrogens (tertiary/aromatic N) is 3. The third-order valence-electron chi connectivity index (χ3n) is 2.91. The molecule has 1 rings (SSSR count). The van der Waals surface area contributed by atoms with Crippen LogP contribution in [0.2, 0.25) is 0 Å². The van der Waals surface area contributed by atoms with Crippen molar-refractivity contribution in [3.63, 3.8) is 0 Å². The van der Waals surface area contributed by atoms with E-state index in [1.54, 1.807) is 6.92 Å². The Morgan fingerprint density at radius 1 is 1.50 bits per heavy atom. The van der Waals surface area contributed by atoms with Crippen molar-refractivity contribution < 1.29 is 9.53 Å². The molecule has 0 aliphatic rings. The van der Waals surface area contributed by atoms with Crippen molar-refractivity contribution in [3.05, 3.63) is 11.5 Å². The van der Waals surface area contributed by atoms with Crippen LogP contribution in [-0.4, -0.2) is 47.2 Å².